The molecule has 0 bridgehead atoms. The fourth-order valence-corrected chi connectivity index (χ4v) is 3.08. The Morgan fingerprint density at radius 2 is 2.00 bits per heavy atom. The number of hydrogen-bond donors (Lipinski definition) is 1. The van der Waals surface area contributed by atoms with E-state index >= 15 is 0 Å². The Balaban J connectivity index is 3.08. The molecule has 0 saturated heterocycles. The number of nitrogens with one attached hydrogen (secondary N) is 1. The Morgan fingerprint density at radius 1 is 1.38 bits per heavy atom. The first-order chi connectivity index (χ1) is 11.1. The molecule has 136 valence electrons. The Labute approximate surface area is 149 Å². The van der Waals surface area contributed by atoms with Gasteiger partial charge in [-0.2, -0.15) is 0 Å². The number of carbonyl (C=O) groups excluding carboxylic acids is 1. The molecular formula is C16H25ClN2O4S. The van der Waals surface area contributed by atoms with Gasteiger partial charge in [-0.05, 0) is 30.9 Å². The maximum Gasteiger partial charge on any atom is 0.240 e. The number of rotatable bonds is 8. The molecule has 0 aliphatic heterocycles. The number of methoxy groups -OCH3 is 1. The fraction of sp³-hybridized carbons (Fsp3) is 0.562. The highest BCUT2D eigenvalue weighted by Gasteiger charge is 2.24. The molecule has 8 heteroatoms. The second-order valence-electron chi connectivity index (χ2n) is 6.08. The third kappa shape index (κ3) is 5.87. The van der Waals surface area contributed by atoms with Gasteiger partial charge in [0.15, 0.2) is 0 Å². The minimum Gasteiger partial charge on any atom is -0.494 e. The van der Waals surface area contributed by atoms with Gasteiger partial charge < -0.3 is 10.1 Å². The van der Waals surface area contributed by atoms with Crippen LogP contribution in [0.3, 0.4) is 0 Å². The maximum atomic E-state index is 12.2. The number of aryl methyl sites for hydroxylation is 1. The van der Waals surface area contributed by atoms with E-state index in [1.54, 1.807) is 19.1 Å². The first-order valence-electron chi connectivity index (χ1n) is 7.64. The number of halogens is 1. The van der Waals surface area contributed by atoms with Gasteiger partial charge >= 0.3 is 0 Å². The van der Waals surface area contributed by atoms with Gasteiger partial charge in [-0.25, -0.2) is 8.42 Å². The first-order valence-corrected chi connectivity index (χ1v) is 9.87. The summed E-state index contributed by atoms with van der Waals surface area (Å²) in [4.78, 5) is 12.1. The quantitative estimate of drug-likeness (QED) is 0.756. The average Bonchev–Trinajstić information content (AvgIpc) is 2.45. The van der Waals surface area contributed by atoms with Gasteiger partial charge in [0.2, 0.25) is 15.9 Å². The van der Waals surface area contributed by atoms with Crippen molar-refractivity contribution in [3.05, 3.63) is 22.7 Å². The fourth-order valence-electron chi connectivity index (χ4n) is 2.07. The van der Waals surface area contributed by atoms with Gasteiger partial charge in [-0.3, -0.25) is 9.10 Å². The van der Waals surface area contributed by atoms with Crippen LogP contribution in [-0.2, 0) is 14.8 Å². The van der Waals surface area contributed by atoms with Crippen LogP contribution in [0.15, 0.2) is 12.1 Å². The van der Waals surface area contributed by atoms with E-state index in [2.05, 4.69) is 19.2 Å². The maximum absolute atomic E-state index is 12.2. The Bertz CT molecular complexity index is 690. The lowest BCUT2D eigenvalue weighted by molar-refractivity contribution is -0.119. The summed E-state index contributed by atoms with van der Waals surface area (Å²) in [7, 11) is -2.24. The number of benzene rings is 1. The Morgan fingerprint density at radius 3 is 2.50 bits per heavy atom. The van der Waals surface area contributed by atoms with E-state index in [4.69, 9.17) is 16.3 Å². The van der Waals surface area contributed by atoms with Crippen LogP contribution in [0.25, 0.3) is 0 Å². The molecule has 6 nitrogen and oxygen atoms in total. The van der Waals surface area contributed by atoms with E-state index in [0.29, 0.717) is 34.5 Å². The van der Waals surface area contributed by atoms with Crippen LogP contribution in [0.5, 0.6) is 5.75 Å². The van der Waals surface area contributed by atoms with Crippen molar-refractivity contribution < 1.29 is 17.9 Å². The zero-order valence-corrected chi connectivity index (χ0v) is 16.3. The summed E-state index contributed by atoms with van der Waals surface area (Å²) in [5.41, 5.74) is 0.988. The van der Waals surface area contributed by atoms with Gasteiger partial charge in [0, 0.05) is 17.6 Å². The summed E-state index contributed by atoms with van der Waals surface area (Å²) in [5.74, 6) is 0.386. The molecule has 1 aromatic carbocycles. The van der Waals surface area contributed by atoms with Crippen LogP contribution in [0.4, 0.5) is 5.69 Å². The molecule has 0 aliphatic carbocycles. The van der Waals surface area contributed by atoms with Crippen molar-refractivity contribution in [3.63, 3.8) is 0 Å². The Kier molecular flexibility index (Phi) is 7.35. The van der Waals surface area contributed by atoms with E-state index < -0.39 is 10.0 Å². The van der Waals surface area contributed by atoms with Crippen molar-refractivity contribution in [1.82, 2.24) is 5.32 Å². The highest BCUT2D eigenvalue weighted by molar-refractivity contribution is 7.92. The number of anilines is 1. The third-order valence-corrected chi connectivity index (χ3v) is 4.99. The van der Waals surface area contributed by atoms with Crippen molar-refractivity contribution in [2.75, 3.05) is 30.8 Å². The van der Waals surface area contributed by atoms with Gasteiger partial charge in [0.05, 0.1) is 19.1 Å². The second kappa shape index (κ2) is 8.58. The van der Waals surface area contributed by atoms with Gasteiger partial charge in [-0.1, -0.05) is 25.4 Å². The normalized spacial score (nSPS) is 11.5. The van der Waals surface area contributed by atoms with Gasteiger partial charge in [0.25, 0.3) is 0 Å². The van der Waals surface area contributed by atoms with Crippen LogP contribution >= 0.6 is 11.6 Å². The molecule has 0 radical (unpaired) electrons. The van der Waals surface area contributed by atoms with E-state index in [0.717, 1.165) is 17.0 Å². The van der Waals surface area contributed by atoms with E-state index in [-0.39, 0.29) is 12.5 Å². The van der Waals surface area contributed by atoms with Crippen LogP contribution < -0.4 is 14.4 Å². The minimum absolute atomic E-state index is 0.293. The number of hydrogen-bond acceptors (Lipinski definition) is 4. The third-order valence-electron chi connectivity index (χ3n) is 3.46. The molecule has 1 aromatic rings. The molecule has 1 rings (SSSR count). The van der Waals surface area contributed by atoms with Crippen LogP contribution in [0.1, 0.15) is 25.8 Å². The number of carbonyl (C=O) groups is 1. The summed E-state index contributed by atoms with van der Waals surface area (Å²) in [5, 5.41) is 3.20. The van der Waals surface area contributed by atoms with Crippen LogP contribution in [-0.4, -0.2) is 40.8 Å². The summed E-state index contributed by atoms with van der Waals surface area (Å²) in [6.45, 7) is 6.06. The monoisotopic (exact) mass is 376 g/mol. The van der Waals surface area contributed by atoms with Crippen molar-refractivity contribution in [1.29, 1.82) is 0 Å². The lowest BCUT2D eigenvalue weighted by Crippen LogP contribution is -2.41. The molecule has 0 aromatic heterocycles. The zero-order chi connectivity index (χ0) is 18.5. The minimum atomic E-state index is -3.67. The van der Waals surface area contributed by atoms with Gasteiger partial charge in [0.1, 0.15) is 12.3 Å². The molecule has 0 fully saturated rings. The molecule has 24 heavy (non-hydrogen) atoms. The predicted molar refractivity (Wildman–Crippen MR) is 97.4 cm³/mol. The largest absolute Gasteiger partial charge is 0.494 e. The lowest BCUT2D eigenvalue weighted by Gasteiger charge is -2.24. The molecule has 0 unspecified atom stereocenters. The Hall–Kier alpha value is -1.47. The molecule has 0 saturated carbocycles. The molecule has 0 heterocycles. The standard InChI is InChI=1S/C16H25ClN2O4S/c1-11(2)6-7-18-16(20)10-19(24(5,21)22)14-8-12(3)13(17)9-15(14)23-4/h8-9,11H,6-7,10H2,1-5H3,(H,18,20). The molecular weight excluding hydrogens is 352 g/mol. The van der Waals surface area contributed by atoms with Crippen molar-refractivity contribution in [2.45, 2.75) is 27.2 Å². The molecule has 0 spiro atoms. The SMILES string of the molecule is COc1cc(Cl)c(C)cc1N(CC(=O)NCCC(C)C)S(C)(=O)=O. The summed E-state index contributed by atoms with van der Waals surface area (Å²) in [6, 6.07) is 3.14. The summed E-state index contributed by atoms with van der Waals surface area (Å²) >= 11 is 6.06. The number of ether oxygens (including phenoxy) is 1. The van der Waals surface area contributed by atoms with Crippen LogP contribution in [0.2, 0.25) is 5.02 Å². The molecule has 0 aliphatic rings. The zero-order valence-electron chi connectivity index (χ0n) is 14.7. The van der Waals surface area contributed by atoms with Crippen molar-refractivity contribution >= 4 is 33.2 Å². The van der Waals surface area contributed by atoms with E-state index in [1.807, 2.05) is 0 Å². The number of nitrogens with zero attached hydrogens (tertiary/aromatic N) is 1. The second-order valence-corrected chi connectivity index (χ2v) is 8.39. The predicted octanol–water partition coefficient (Wildman–Crippen LogP) is 2.59. The van der Waals surface area contributed by atoms with Gasteiger partial charge in [-0.15, -0.1) is 0 Å². The lowest BCUT2D eigenvalue weighted by atomic mass is 10.1. The first kappa shape index (κ1) is 20.6. The van der Waals surface area contributed by atoms with Crippen molar-refractivity contribution in [2.24, 2.45) is 5.92 Å². The van der Waals surface area contributed by atoms with Crippen molar-refractivity contribution in [3.8, 4) is 5.75 Å². The topological polar surface area (TPSA) is 75.7 Å². The molecule has 1 N–H and O–H groups in total. The molecule has 0 atom stereocenters. The summed E-state index contributed by atoms with van der Waals surface area (Å²) < 4.78 is 30.6. The van der Waals surface area contributed by atoms with Crippen LogP contribution in [0, 0.1) is 12.8 Å². The molecule has 1 amide bonds. The van der Waals surface area contributed by atoms with E-state index in [1.165, 1.54) is 7.11 Å². The average molecular weight is 377 g/mol. The number of amides is 1. The van der Waals surface area contributed by atoms with E-state index in [9.17, 15) is 13.2 Å². The highest BCUT2D eigenvalue weighted by atomic mass is 35.5. The number of sulfonamides is 1. The smallest absolute Gasteiger partial charge is 0.240 e. The highest BCUT2D eigenvalue weighted by Crippen LogP contribution is 2.34. The summed E-state index contributed by atoms with van der Waals surface area (Å²) in [6.07, 6.45) is 1.88.